The summed E-state index contributed by atoms with van der Waals surface area (Å²) in [5.74, 6) is 0.231. The van der Waals surface area contributed by atoms with Crippen molar-refractivity contribution in [2.75, 3.05) is 13.7 Å². The smallest absolute Gasteiger partial charge is 0.306 e. The number of carbonyl (C=O) groups excluding carboxylic acids is 2. The summed E-state index contributed by atoms with van der Waals surface area (Å²) in [4.78, 5) is 27.5. The van der Waals surface area contributed by atoms with Crippen LogP contribution in [0.1, 0.15) is 55.2 Å². The standard InChI is InChI=1S/C20H25ClN2O4/c1-20(2,3)27-14(24)7-5-6-12-15-13(23-17(12)19(25)22-4)10-11-8-9-26-18(11)16(15)21/h10,23H,5-9H2,1-4H3,(H,22,25). The van der Waals surface area contributed by atoms with E-state index in [0.717, 1.165) is 28.5 Å². The third-order valence-corrected chi connectivity index (χ3v) is 4.82. The van der Waals surface area contributed by atoms with Crippen LogP contribution in [0.4, 0.5) is 0 Å². The molecule has 0 fully saturated rings. The number of ether oxygens (including phenoxy) is 2. The van der Waals surface area contributed by atoms with Gasteiger partial charge in [-0.2, -0.15) is 0 Å². The summed E-state index contributed by atoms with van der Waals surface area (Å²) in [6.45, 7) is 6.13. The monoisotopic (exact) mass is 392 g/mol. The summed E-state index contributed by atoms with van der Waals surface area (Å²) in [6.07, 6.45) is 2.16. The predicted octanol–water partition coefficient (Wildman–Crippen LogP) is 3.78. The van der Waals surface area contributed by atoms with Gasteiger partial charge < -0.3 is 19.8 Å². The van der Waals surface area contributed by atoms with Gasteiger partial charge in [-0.25, -0.2) is 0 Å². The zero-order valence-corrected chi connectivity index (χ0v) is 16.9. The minimum Gasteiger partial charge on any atom is -0.491 e. The molecule has 0 saturated carbocycles. The topological polar surface area (TPSA) is 80.4 Å². The molecular formula is C20H25ClN2O4. The third kappa shape index (κ3) is 4.05. The van der Waals surface area contributed by atoms with Crippen molar-refractivity contribution in [2.45, 2.75) is 52.1 Å². The van der Waals surface area contributed by atoms with Gasteiger partial charge in [0, 0.05) is 36.4 Å². The number of halogens is 1. The quantitative estimate of drug-likeness (QED) is 0.759. The molecule has 3 rings (SSSR count). The summed E-state index contributed by atoms with van der Waals surface area (Å²) in [5, 5.41) is 3.97. The molecule has 1 aliphatic rings. The maximum absolute atomic E-state index is 12.3. The lowest BCUT2D eigenvalue weighted by atomic mass is 10.0. The van der Waals surface area contributed by atoms with E-state index >= 15 is 0 Å². The van der Waals surface area contributed by atoms with Crippen LogP contribution in [0, 0.1) is 0 Å². The highest BCUT2D eigenvalue weighted by atomic mass is 35.5. The van der Waals surface area contributed by atoms with E-state index in [9.17, 15) is 9.59 Å². The van der Waals surface area contributed by atoms with Gasteiger partial charge >= 0.3 is 5.97 Å². The van der Waals surface area contributed by atoms with Crippen molar-refractivity contribution in [3.63, 3.8) is 0 Å². The van der Waals surface area contributed by atoms with Crippen molar-refractivity contribution in [2.24, 2.45) is 0 Å². The van der Waals surface area contributed by atoms with E-state index < -0.39 is 5.60 Å². The second kappa shape index (κ2) is 7.43. The van der Waals surface area contributed by atoms with Crippen molar-refractivity contribution in [3.8, 4) is 5.75 Å². The fraction of sp³-hybridized carbons (Fsp3) is 0.500. The Morgan fingerprint density at radius 2 is 2.11 bits per heavy atom. The largest absolute Gasteiger partial charge is 0.491 e. The summed E-state index contributed by atoms with van der Waals surface area (Å²) >= 11 is 6.61. The van der Waals surface area contributed by atoms with Crippen molar-refractivity contribution in [3.05, 3.63) is 27.9 Å². The van der Waals surface area contributed by atoms with Crippen molar-refractivity contribution >= 4 is 34.4 Å². The van der Waals surface area contributed by atoms with E-state index in [-0.39, 0.29) is 18.3 Å². The first-order valence-electron chi connectivity index (χ1n) is 9.14. The predicted molar refractivity (Wildman–Crippen MR) is 105 cm³/mol. The molecule has 0 bridgehead atoms. The number of benzene rings is 1. The Morgan fingerprint density at radius 3 is 2.78 bits per heavy atom. The molecule has 1 aromatic carbocycles. The van der Waals surface area contributed by atoms with Crippen molar-refractivity contribution < 1.29 is 19.1 Å². The summed E-state index contributed by atoms with van der Waals surface area (Å²) in [6, 6.07) is 1.99. The van der Waals surface area contributed by atoms with Crippen LogP contribution in [0.25, 0.3) is 10.9 Å². The highest BCUT2D eigenvalue weighted by Crippen LogP contribution is 2.42. The number of H-pyrrole nitrogens is 1. The number of aryl methyl sites for hydroxylation is 1. The average molecular weight is 393 g/mol. The van der Waals surface area contributed by atoms with Crippen LogP contribution in [-0.4, -0.2) is 36.1 Å². The van der Waals surface area contributed by atoms with Gasteiger partial charge in [-0.15, -0.1) is 0 Å². The van der Waals surface area contributed by atoms with Crippen LogP contribution in [0.2, 0.25) is 5.02 Å². The molecule has 1 amide bonds. The number of hydrogen-bond acceptors (Lipinski definition) is 4. The zero-order chi connectivity index (χ0) is 19.8. The van der Waals surface area contributed by atoms with Crippen molar-refractivity contribution in [1.29, 1.82) is 0 Å². The third-order valence-electron chi connectivity index (χ3n) is 4.46. The Hall–Kier alpha value is -2.21. The summed E-state index contributed by atoms with van der Waals surface area (Å²) in [7, 11) is 1.59. The van der Waals surface area contributed by atoms with Gasteiger partial charge in [-0.05, 0) is 45.2 Å². The average Bonchev–Trinajstić information content (AvgIpc) is 3.18. The summed E-state index contributed by atoms with van der Waals surface area (Å²) < 4.78 is 11.0. The molecule has 27 heavy (non-hydrogen) atoms. The van der Waals surface area contributed by atoms with Crippen LogP contribution in [0.3, 0.4) is 0 Å². The van der Waals surface area contributed by atoms with Gasteiger partial charge in [0.05, 0.1) is 11.6 Å². The number of nitrogens with one attached hydrogen (secondary N) is 2. The van der Waals surface area contributed by atoms with Crippen LogP contribution in [-0.2, 0) is 22.4 Å². The number of aromatic nitrogens is 1. The number of amides is 1. The maximum atomic E-state index is 12.3. The van der Waals surface area contributed by atoms with Gasteiger partial charge in [-0.1, -0.05) is 11.6 Å². The molecule has 146 valence electrons. The van der Waals surface area contributed by atoms with Gasteiger partial charge in [0.25, 0.3) is 5.91 Å². The summed E-state index contributed by atoms with van der Waals surface area (Å²) in [5.41, 5.74) is 2.62. The molecule has 0 spiro atoms. The van der Waals surface area contributed by atoms with Crippen LogP contribution in [0.5, 0.6) is 5.75 Å². The lowest BCUT2D eigenvalue weighted by Gasteiger charge is -2.19. The number of hydrogen-bond donors (Lipinski definition) is 2. The number of aromatic amines is 1. The number of fused-ring (bicyclic) bond motifs is 2. The van der Waals surface area contributed by atoms with Gasteiger partial charge in [-0.3, -0.25) is 9.59 Å². The molecule has 6 nitrogen and oxygen atoms in total. The second-order valence-electron chi connectivity index (χ2n) is 7.70. The minimum absolute atomic E-state index is 0.212. The molecule has 0 unspecified atom stereocenters. The molecular weight excluding hydrogens is 368 g/mol. The first-order chi connectivity index (χ1) is 12.7. The lowest BCUT2D eigenvalue weighted by molar-refractivity contribution is -0.154. The van der Waals surface area contributed by atoms with Gasteiger partial charge in [0.1, 0.15) is 17.0 Å². The van der Waals surface area contributed by atoms with E-state index in [1.165, 1.54) is 0 Å². The Morgan fingerprint density at radius 1 is 1.37 bits per heavy atom. The molecule has 7 heteroatoms. The molecule has 1 aliphatic heterocycles. The highest BCUT2D eigenvalue weighted by Gasteiger charge is 2.25. The Labute approximate surface area is 163 Å². The van der Waals surface area contributed by atoms with Gasteiger partial charge in [0.15, 0.2) is 0 Å². The van der Waals surface area contributed by atoms with Gasteiger partial charge in [0.2, 0.25) is 0 Å². The van der Waals surface area contributed by atoms with Crippen molar-refractivity contribution in [1.82, 2.24) is 10.3 Å². The highest BCUT2D eigenvalue weighted by molar-refractivity contribution is 6.37. The van der Waals surface area contributed by atoms with E-state index in [0.29, 0.717) is 35.9 Å². The molecule has 0 aliphatic carbocycles. The fourth-order valence-corrected chi connectivity index (χ4v) is 3.78. The molecule has 1 aromatic heterocycles. The number of esters is 1. The first kappa shape index (κ1) is 19.5. The maximum Gasteiger partial charge on any atom is 0.306 e. The Bertz CT molecular complexity index is 896. The van der Waals surface area contributed by atoms with Crippen LogP contribution < -0.4 is 10.1 Å². The molecule has 0 radical (unpaired) electrons. The van der Waals surface area contributed by atoms with E-state index in [4.69, 9.17) is 21.1 Å². The normalized spacial score (nSPS) is 13.4. The van der Waals surface area contributed by atoms with E-state index in [2.05, 4.69) is 10.3 Å². The molecule has 2 aromatic rings. The van der Waals surface area contributed by atoms with E-state index in [1.807, 2.05) is 26.8 Å². The number of rotatable bonds is 5. The zero-order valence-electron chi connectivity index (χ0n) is 16.1. The SMILES string of the molecule is CNC(=O)c1[nH]c2cc3c(c(Cl)c2c1CCCC(=O)OC(C)(C)C)OCC3. The Kier molecular flexibility index (Phi) is 5.38. The molecule has 2 heterocycles. The Balaban J connectivity index is 1.90. The molecule has 0 saturated heterocycles. The van der Waals surface area contributed by atoms with E-state index in [1.54, 1.807) is 7.05 Å². The molecule has 2 N–H and O–H groups in total. The van der Waals surface area contributed by atoms with Crippen LogP contribution in [0.15, 0.2) is 6.07 Å². The second-order valence-corrected chi connectivity index (χ2v) is 8.08. The van der Waals surface area contributed by atoms with Crippen LogP contribution >= 0.6 is 11.6 Å². The molecule has 0 atom stereocenters. The fourth-order valence-electron chi connectivity index (χ4n) is 3.39. The lowest BCUT2D eigenvalue weighted by Crippen LogP contribution is -2.23. The first-order valence-corrected chi connectivity index (χ1v) is 9.51. The minimum atomic E-state index is -0.508. The number of carbonyl (C=O) groups is 2.